The number of carboxylic acid groups (broad SMARTS) is 1. The molecule has 0 saturated heterocycles. The molecule has 0 unspecified atom stereocenters. The smallest absolute Gasteiger partial charge is 0.338 e. The first-order valence-electron chi connectivity index (χ1n) is 3.73. The second-order valence-electron chi connectivity index (χ2n) is 2.58. The Hall–Kier alpha value is -0.560. The van der Waals surface area contributed by atoms with E-state index in [0.717, 1.165) is 0 Å². The molecule has 0 saturated carbocycles. The molecule has 0 aliphatic carbocycles. The minimum absolute atomic E-state index is 0.164. The molecule has 0 bridgehead atoms. The second-order valence-corrected chi connectivity index (χ2v) is 4.00. The van der Waals surface area contributed by atoms with Crippen LogP contribution in [0.1, 0.15) is 28.0 Å². The van der Waals surface area contributed by atoms with E-state index in [2.05, 4.69) is 36.8 Å². The van der Waals surface area contributed by atoms with Crippen molar-refractivity contribution in [3.8, 4) is 0 Å². The summed E-state index contributed by atoms with van der Waals surface area (Å²) in [5, 5.41) is 9.00. The van der Waals surface area contributed by atoms with Gasteiger partial charge < -0.3 is 5.11 Å². The third kappa shape index (κ3) is 2.52. The fourth-order valence-corrected chi connectivity index (χ4v) is 2.48. The summed E-state index contributed by atoms with van der Waals surface area (Å²) < 4.78 is 25.3. The maximum Gasteiger partial charge on any atom is 0.338 e. The monoisotopic (exact) mass is 343 g/mol. The standard InChI is InChI=1S/C8H5Br2F2NO2/c9-1-3-4(10)2-13-6(7(11)12)5(3)8(14)15/h2,7H,1H2,(H,14,15). The van der Waals surface area contributed by atoms with Gasteiger partial charge in [-0.25, -0.2) is 13.6 Å². The van der Waals surface area contributed by atoms with Crippen molar-refractivity contribution in [1.29, 1.82) is 0 Å². The largest absolute Gasteiger partial charge is 0.478 e. The van der Waals surface area contributed by atoms with Crippen LogP contribution in [0.4, 0.5) is 8.78 Å². The van der Waals surface area contributed by atoms with E-state index in [1.807, 2.05) is 0 Å². The van der Waals surface area contributed by atoms with Crippen LogP contribution in [0, 0.1) is 0 Å². The van der Waals surface area contributed by atoms with Gasteiger partial charge in [-0.1, -0.05) is 15.9 Å². The summed E-state index contributed by atoms with van der Waals surface area (Å²) >= 11 is 6.10. The van der Waals surface area contributed by atoms with Crippen LogP contribution >= 0.6 is 31.9 Å². The molecular weight excluding hydrogens is 340 g/mol. The Bertz CT molecular complexity index is 398. The van der Waals surface area contributed by atoms with Gasteiger partial charge in [-0.2, -0.15) is 0 Å². The van der Waals surface area contributed by atoms with Gasteiger partial charge in [0.1, 0.15) is 5.69 Å². The number of rotatable bonds is 3. The number of carboxylic acids is 1. The molecule has 0 aliphatic rings. The summed E-state index contributed by atoms with van der Waals surface area (Å²) in [5.74, 6) is -1.41. The maximum absolute atomic E-state index is 12.5. The van der Waals surface area contributed by atoms with E-state index in [1.54, 1.807) is 0 Å². The molecule has 1 rings (SSSR count). The Morgan fingerprint density at radius 1 is 1.60 bits per heavy atom. The zero-order chi connectivity index (χ0) is 11.6. The molecule has 0 fully saturated rings. The highest BCUT2D eigenvalue weighted by Gasteiger charge is 2.24. The Kier molecular flexibility index (Phi) is 4.15. The molecule has 7 heteroatoms. The first kappa shape index (κ1) is 12.5. The van der Waals surface area contributed by atoms with Gasteiger partial charge in [0, 0.05) is 16.0 Å². The molecule has 0 atom stereocenters. The first-order chi connectivity index (χ1) is 6.99. The highest BCUT2D eigenvalue weighted by molar-refractivity contribution is 9.10. The molecular formula is C8H5Br2F2NO2. The molecule has 0 radical (unpaired) electrons. The molecule has 0 amide bonds. The van der Waals surface area contributed by atoms with Gasteiger partial charge in [-0.05, 0) is 21.5 Å². The van der Waals surface area contributed by atoms with Gasteiger partial charge in [0.25, 0.3) is 6.43 Å². The lowest BCUT2D eigenvalue weighted by Crippen LogP contribution is -2.09. The third-order valence-electron chi connectivity index (χ3n) is 1.72. The van der Waals surface area contributed by atoms with Crippen molar-refractivity contribution in [2.24, 2.45) is 0 Å². The summed E-state index contributed by atoms with van der Waals surface area (Å²) in [5.41, 5.74) is -0.899. The fourth-order valence-electron chi connectivity index (χ4n) is 1.08. The van der Waals surface area contributed by atoms with Crippen molar-refractivity contribution in [3.63, 3.8) is 0 Å². The summed E-state index contributed by atoms with van der Waals surface area (Å²) in [7, 11) is 0. The van der Waals surface area contributed by atoms with Crippen molar-refractivity contribution < 1.29 is 18.7 Å². The van der Waals surface area contributed by atoms with Crippen LogP contribution < -0.4 is 0 Å². The number of hydrogen-bond donors (Lipinski definition) is 1. The third-order valence-corrected chi connectivity index (χ3v) is 2.96. The van der Waals surface area contributed by atoms with E-state index in [1.165, 1.54) is 6.20 Å². The normalized spacial score (nSPS) is 10.7. The predicted octanol–water partition coefficient (Wildman–Crippen LogP) is 3.37. The Balaban J connectivity index is 3.49. The molecule has 1 aromatic heterocycles. The predicted molar refractivity (Wildman–Crippen MR) is 56.5 cm³/mol. The Labute approximate surface area is 101 Å². The van der Waals surface area contributed by atoms with Gasteiger partial charge in [-0.15, -0.1) is 0 Å². The van der Waals surface area contributed by atoms with Gasteiger partial charge in [0.05, 0.1) is 5.56 Å². The molecule has 15 heavy (non-hydrogen) atoms. The van der Waals surface area contributed by atoms with Crippen LogP contribution in [0.5, 0.6) is 0 Å². The van der Waals surface area contributed by atoms with Gasteiger partial charge in [0.15, 0.2) is 0 Å². The highest BCUT2D eigenvalue weighted by atomic mass is 79.9. The highest BCUT2D eigenvalue weighted by Crippen LogP contribution is 2.29. The number of alkyl halides is 3. The number of carbonyl (C=O) groups is 1. The van der Waals surface area contributed by atoms with Gasteiger partial charge in [0.2, 0.25) is 0 Å². The average Bonchev–Trinajstić information content (AvgIpc) is 2.16. The summed E-state index contributed by atoms with van der Waals surface area (Å²) in [4.78, 5) is 14.3. The molecule has 1 aromatic rings. The number of aromatic carboxylic acids is 1. The SMILES string of the molecule is O=C(O)c1c(C(F)F)ncc(Br)c1CBr. The Morgan fingerprint density at radius 3 is 2.60 bits per heavy atom. The molecule has 1 heterocycles. The number of aromatic nitrogens is 1. The van der Waals surface area contributed by atoms with Crippen LogP contribution in [0.3, 0.4) is 0 Å². The Morgan fingerprint density at radius 2 is 2.20 bits per heavy atom. The van der Waals surface area contributed by atoms with E-state index >= 15 is 0 Å². The van der Waals surface area contributed by atoms with E-state index in [9.17, 15) is 13.6 Å². The first-order valence-corrected chi connectivity index (χ1v) is 5.65. The molecule has 0 spiro atoms. The minimum atomic E-state index is -2.90. The lowest BCUT2D eigenvalue weighted by atomic mass is 10.1. The van der Waals surface area contributed by atoms with Crippen LogP contribution in [0.15, 0.2) is 10.7 Å². The number of nitrogens with zero attached hydrogens (tertiary/aromatic N) is 1. The number of hydrogen-bond acceptors (Lipinski definition) is 2. The molecule has 3 nitrogen and oxygen atoms in total. The fraction of sp³-hybridized carbons (Fsp3) is 0.250. The minimum Gasteiger partial charge on any atom is -0.478 e. The van der Waals surface area contributed by atoms with E-state index < -0.39 is 23.7 Å². The average molecular weight is 345 g/mol. The molecule has 0 aliphatic heterocycles. The van der Waals surface area contributed by atoms with Crippen LogP contribution in [0.25, 0.3) is 0 Å². The number of pyridine rings is 1. The van der Waals surface area contributed by atoms with Crippen molar-refractivity contribution in [1.82, 2.24) is 4.98 Å². The molecule has 82 valence electrons. The van der Waals surface area contributed by atoms with E-state index in [-0.39, 0.29) is 10.9 Å². The van der Waals surface area contributed by atoms with Crippen LogP contribution in [0.2, 0.25) is 0 Å². The lowest BCUT2D eigenvalue weighted by Gasteiger charge is -2.09. The van der Waals surface area contributed by atoms with Crippen molar-refractivity contribution >= 4 is 37.8 Å². The second kappa shape index (κ2) is 4.98. The van der Waals surface area contributed by atoms with Crippen molar-refractivity contribution in [3.05, 3.63) is 27.5 Å². The summed E-state index contributed by atoms with van der Waals surface area (Å²) in [6, 6.07) is 0. The van der Waals surface area contributed by atoms with E-state index in [4.69, 9.17) is 5.11 Å². The quantitative estimate of drug-likeness (QED) is 0.855. The van der Waals surface area contributed by atoms with Gasteiger partial charge in [-0.3, -0.25) is 4.98 Å². The van der Waals surface area contributed by atoms with Crippen LogP contribution in [-0.2, 0) is 5.33 Å². The zero-order valence-corrected chi connectivity index (χ0v) is 10.3. The van der Waals surface area contributed by atoms with Gasteiger partial charge >= 0.3 is 5.97 Å². The maximum atomic E-state index is 12.5. The zero-order valence-electron chi connectivity index (χ0n) is 7.18. The van der Waals surface area contributed by atoms with Crippen molar-refractivity contribution in [2.75, 3.05) is 0 Å². The molecule has 0 aromatic carbocycles. The number of halogens is 4. The summed E-state index contributed by atoms with van der Waals surface area (Å²) in [6.07, 6.45) is -1.73. The molecule has 1 N–H and O–H groups in total. The summed E-state index contributed by atoms with van der Waals surface area (Å²) in [6.45, 7) is 0. The lowest BCUT2D eigenvalue weighted by molar-refractivity contribution is 0.0681. The van der Waals surface area contributed by atoms with Crippen LogP contribution in [-0.4, -0.2) is 16.1 Å². The van der Waals surface area contributed by atoms with Crippen molar-refractivity contribution in [2.45, 2.75) is 11.8 Å². The van der Waals surface area contributed by atoms with E-state index in [0.29, 0.717) is 4.47 Å². The topological polar surface area (TPSA) is 50.2 Å².